The van der Waals surface area contributed by atoms with Crippen LogP contribution in [0.3, 0.4) is 0 Å². The van der Waals surface area contributed by atoms with Crippen molar-refractivity contribution in [2.45, 2.75) is 19.4 Å². The molecule has 0 aromatic carbocycles. The Morgan fingerprint density at radius 1 is 1.41 bits per heavy atom. The number of rotatable bonds is 4. The van der Waals surface area contributed by atoms with Crippen molar-refractivity contribution in [2.24, 2.45) is 5.92 Å². The molecule has 0 saturated carbocycles. The standard InChI is InChI=1S/C16H20N4O2/c1-19(12-14-6-3-10-22-14)15(21)13-5-2-9-20(11-13)16-17-7-4-8-18-16/h3-4,6-8,10,13H,2,5,9,11-12H2,1H3/t13-/m1/s1. The molecule has 1 fully saturated rings. The number of aromatic nitrogens is 2. The molecule has 22 heavy (non-hydrogen) atoms. The summed E-state index contributed by atoms with van der Waals surface area (Å²) < 4.78 is 5.31. The molecule has 1 amide bonds. The monoisotopic (exact) mass is 300 g/mol. The van der Waals surface area contributed by atoms with Gasteiger partial charge in [-0.05, 0) is 31.0 Å². The molecule has 1 aliphatic rings. The van der Waals surface area contributed by atoms with Gasteiger partial charge in [0.1, 0.15) is 5.76 Å². The normalized spacial score (nSPS) is 18.2. The Labute approximate surface area is 129 Å². The highest BCUT2D eigenvalue weighted by Crippen LogP contribution is 2.22. The number of anilines is 1. The molecule has 6 heteroatoms. The smallest absolute Gasteiger partial charge is 0.227 e. The van der Waals surface area contributed by atoms with E-state index in [1.807, 2.05) is 19.2 Å². The lowest BCUT2D eigenvalue weighted by Crippen LogP contribution is -2.44. The quantitative estimate of drug-likeness (QED) is 0.863. The van der Waals surface area contributed by atoms with Crippen LogP contribution in [-0.4, -0.2) is 40.9 Å². The van der Waals surface area contributed by atoms with E-state index in [1.165, 1.54) is 0 Å². The summed E-state index contributed by atoms with van der Waals surface area (Å²) in [6.45, 7) is 2.07. The van der Waals surface area contributed by atoms with Crippen LogP contribution in [0, 0.1) is 5.92 Å². The van der Waals surface area contributed by atoms with E-state index in [0.717, 1.165) is 25.1 Å². The van der Waals surface area contributed by atoms with Crippen molar-refractivity contribution in [3.63, 3.8) is 0 Å². The third-order valence-electron chi connectivity index (χ3n) is 3.95. The lowest BCUT2D eigenvalue weighted by molar-refractivity contribution is -0.135. The molecule has 0 unspecified atom stereocenters. The number of hydrogen-bond donors (Lipinski definition) is 0. The van der Waals surface area contributed by atoms with E-state index in [0.29, 0.717) is 19.0 Å². The molecular formula is C16H20N4O2. The van der Waals surface area contributed by atoms with Gasteiger partial charge in [-0.25, -0.2) is 9.97 Å². The summed E-state index contributed by atoms with van der Waals surface area (Å²) in [5, 5.41) is 0. The molecule has 0 radical (unpaired) electrons. The van der Waals surface area contributed by atoms with Gasteiger partial charge < -0.3 is 14.2 Å². The van der Waals surface area contributed by atoms with E-state index >= 15 is 0 Å². The average molecular weight is 300 g/mol. The number of piperidine rings is 1. The van der Waals surface area contributed by atoms with E-state index in [2.05, 4.69) is 14.9 Å². The number of nitrogens with zero attached hydrogens (tertiary/aromatic N) is 4. The SMILES string of the molecule is CN(Cc1ccco1)C(=O)[C@@H]1CCCN(c2ncccn2)C1. The highest BCUT2D eigenvalue weighted by molar-refractivity contribution is 5.79. The van der Waals surface area contributed by atoms with Gasteiger partial charge >= 0.3 is 0 Å². The Kier molecular flexibility index (Phi) is 4.37. The van der Waals surface area contributed by atoms with Gasteiger partial charge in [0.05, 0.1) is 18.7 Å². The van der Waals surface area contributed by atoms with Crippen LogP contribution in [-0.2, 0) is 11.3 Å². The van der Waals surface area contributed by atoms with E-state index < -0.39 is 0 Å². The summed E-state index contributed by atoms with van der Waals surface area (Å²) in [6.07, 6.45) is 6.98. The Balaban J connectivity index is 1.62. The van der Waals surface area contributed by atoms with Gasteiger partial charge in [-0.15, -0.1) is 0 Å². The number of amides is 1. The molecule has 0 aliphatic carbocycles. The first-order valence-corrected chi connectivity index (χ1v) is 7.53. The summed E-state index contributed by atoms with van der Waals surface area (Å²) in [5.41, 5.74) is 0. The second-order valence-corrected chi connectivity index (χ2v) is 5.61. The minimum Gasteiger partial charge on any atom is -0.467 e. The Morgan fingerprint density at radius 2 is 2.23 bits per heavy atom. The fourth-order valence-electron chi connectivity index (χ4n) is 2.84. The number of hydrogen-bond acceptors (Lipinski definition) is 5. The van der Waals surface area contributed by atoms with E-state index in [9.17, 15) is 4.79 Å². The molecule has 3 rings (SSSR count). The molecular weight excluding hydrogens is 280 g/mol. The summed E-state index contributed by atoms with van der Waals surface area (Å²) >= 11 is 0. The van der Waals surface area contributed by atoms with Crippen LogP contribution in [0.15, 0.2) is 41.3 Å². The molecule has 3 heterocycles. The zero-order chi connectivity index (χ0) is 15.4. The molecule has 2 aromatic rings. The predicted octanol–water partition coefficient (Wildman–Crippen LogP) is 1.94. The lowest BCUT2D eigenvalue weighted by Gasteiger charge is -2.33. The minimum absolute atomic E-state index is 0.0162. The Hall–Kier alpha value is -2.37. The third kappa shape index (κ3) is 3.27. The molecule has 1 atom stereocenters. The van der Waals surface area contributed by atoms with Crippen molar-refractivity contribution in [1.82, 2.24) is 14.9 Å². The average Bonchev–Trinajstić information content (AvgIpc) is 3.08. The fourth-order valence-corrected chi connectivity index (χ4v) is 2.84. The third-order valence-corrected chi connectivity index (χ3v) is 3.95. The Morgan fingerprint density at radius 3 is 2.95 bits per heavy atom. The molecule has 0 N–H and O–H groups in total. The van der Waals surface area contributed by atoms with Crippen LogP contribution < -0.4 is 4.90 Å². The van der Waals surface area contributed by atoms with Gasteiger partial charge in [-0.3, -0.25) is 4.79 Å². The minimum atomic E-state index is -0.0162. The molecule has 6 nitrogen and oxygen atoms in total. The summed E-state index contributed by atoms with van der Waals surface area (Å²) in [6, 6.07) is 5.52. The van der Waals surface area contributed by atoms with Crippen LogP contribution in [0.4, 0.5) is 5.95 Å². The number of furan rings is 1. The van der Waals surface area contributed by atoms with Gasteiger partial charge in [0, 0.05) is 32.5 Å². The highest BCUT2D eigenvalue weighted by atomic mass is 16.3. The van der Waals surface area contributed by atoms with Crippen molar-refractivity contribution < 1.29 is 9.21 Å². The van der Waals surface area contributed by atoms with E-state index in [-0.39, 0.29) is 11.8 Å². The van der Waals surface area contributed by atoms with Crippen LogP contribution in [0.1, 0.15) is 18.6 Å². The largest absolute Gasteiger partial charge is 0.467 e. The number of carbonyl (C=O) groups excluding carboxylic acids is 1. The predicted molar refractivity (Wildman–Crippen MR) is 82.2 cm³/mol. The fraction of sp³-hybridized carbons (Fsp3) is 0.438. The molecule has 0 bridgehead atoms. The van der Waals surface area contributed by atoms with Gasteiger partial charge in [0.2, 0.25) is 11.9 Å². The van der Waals surface area contributed by atoms with E-state index in [4.69, 9.17) is 4.42 Å². The zero-order valence-electron chi connectivity index (χ0n) is 12.7. The van der Waals surface area contributed by atoms with Crippen molar-refractivity contribution in [3.8, 4) is 0 Å². The van der Waals surface area contributed by atoms with E-state index in [1.54, 1.807) is 29.6 Å². The van der Waals surface area contributed by atoms with Crippen LogP contribution in [0.5, 0.6) is 0 Å². The first-order chi connectivity index (χ1) is 10.7. The second kappa shape index (κ2) is 6.60. The van der Waals surface area contributed by atoms with Gasteiger partial charge in [-0.1, -0.05) is 0 Å². The summed E-state index contributed by atoms with van der Waals surface area (Å²) in [4.78, 5) is 25.0. The van der Waals surface area contributed by atoms with Crippen molar-refractivity contribution in [2.75, 3.05) is 25.0 Å². The molecule has 116 valence electrons. The number of carbonyl (C=O) groups is 1. The Bertz CT molecular complexity index is 600. The molecule has 2 aromatic heterocycles. The van der Waals surface area contributed by atoms with Crippen LogP contribution in [0.2, 0.25) is 0 Å². The summed E-state index contributed by atoms with van der Waals surface area (Å²) in [5.74, 6) is 1.64. The van der Waals surface area contributed by atoms with Gasteiger partial charge in [0.25, 0.3) is 0 Å². The molecule has 1 saturated heterocycles. The zero-order valence-corrected chi connectivity index (χ0v) is 12.7. The maximum Gasteiger partial charge on any atom is 0.227 e. The van der Waals surface area contributed by atoms with Crippen LogP contribution in [0.25, 0.3) is 0 Å². The maximum absolute atomic E-state index is 12.6. The van der Waals surface area contributed by atoms with Crippen molar-refractivity contribution in [1.29, 1.82) is 0 Å². The van der Waals surface area contributed by atoms with Crippen LogP contribution >= 0.6 is 0 Å². The maximum atomic E-state index is 12.6. The van der Waals surface area contributed by atoms with Gasteiger partial charge in [0.15, 0.2) is 0 Å². The first kappa shape index (κ1) is 14.6. The van der Waals surface area contributed by atoms with Crippen molar-refractivity contribution >= 4 is 11.9 Å². The topological polar surface area (TPSA) is 62.5 Å². The summed E-state index contributed by atoms with van der Waals surface area (Å²) in [7, 11) is 1.82. The van der Waals surface area contributed by atoms with Gasteiger partial charge in [-0.2, -0.15) is 0 Å². The molecule has 0 spiro atoms. The second-order valence-electron chi connectivity index (χ2n) is 5.61. The molecule has 1 aliphatic heterocycles. The first-order valence-electron chi connectivity index (χ1n) is 7.53. The highest BCUT2D eigenvalue weighted by Gasteiger charge is 2.29. The lowest BCUT2D eigenvalue weighted by atomic mass is 9.97. The van der Waals surface area contributed by atoms with Crippen molar-refractivity contribution in [3.05, 3.63) is 42.6 Å².